The first kappa shape index (κ1) is 26.7. The van der Waals surface area contributed by atoms with Gasteiger partial charge in [-0.3, -0.25) is 4.79 Å². The second-order valence-electron chi connectivity index (χ2n) is 11.3. The summed E-state index contributed by atoms with van der Waals surface area (Å²) in [7, 11) is -3.84. The molecule has 2 aliphatic rings. The van der Waals surface area contributed by atoms with Gasteiger partial charge in [0.05, 0.1) is 27.3 Å². The zero-order valence-electron chi connectivity index (χ0n) is 21.2. The van der Waals surface area contributed by atoms with Crippen LogP contribution in [0.4, 0.5) is 8.78 Å². The maximum atomic E-state index is 15.2. The number of carboxylic acids is 1. The lowest BCUT2D eigenvalue weighted by molar-refractivity contribution is -0.151. The Morgan fingerprint density at radius 3 is 2.11 bits per heavy atom. The van der Waals surface area contributed by atoms with Gasteiger partial charge in [0.25, 0.3) is 0 Å². The number of rotatable bonds is 7. The fraction of sp³-hybridized carbons (Fsp3) is 0.536. The number of sulfone groups is 1. The molecule has 0 unspecified atom stereocenters. The molecule has 0 spiro atoms. The van der Waals surface area contributed by atoms with Gasteiger partial charge < -0.3 is 9.84 Å². The third-order valence-electron chi connectivity index (χ3n) is 7.93. The van der Waals surface area contributed by atoms with Gasteiger partial charge in [-0.05, 0) is 108 Å². The largest absolute Gasteiger partial charge is 0.481 e. The van der Waals surface area contributed by atoms with Crippen LogP contribution in [0.2, 0.25) is 0 Å². The molecular weight excluding hydrogens is 486 g/mol. The van der Waals surface area contributed by atoms with Crippen molar-refractivity contribution in [3.63, 3.8) is 0 Å². The number of carbonyl (C=O) groups is 1. The highest BCUT2D eigenvalue weighted by Gasteiger charge is 2.50. The molecule has 2 aliphatic carbocycles. The number of hydrogen-bond donors (Lipinski definition) is 1. The van der Waals surface area contributed by atoms with Crippen LogP contribution < -0.4 is 0 Å². The summed E-state index contributed by atoms with van der Waals surface area (Å²) in [5.74, 6) is -1.67. The van der Waals surface area contributed by atoms with E-state index in [1.165, 1.54) is 43.3 Å². The monoisotopic (exact) mass is 520 g/mol. The van der Waals surface area contributed by atoms with Crippen LogP contribution in [0.15, 0.2) is 41.3 Å². The number of benzene rings is 2. The summed E-state index contributed by atoms with van der Waals surface area (Å²) >= 11 is 0. The van der Waals surface area contributed by atoms with Gasteiger partial charge >= 0.3 is 5.97 Å². The minimum atomic E-state index is -3.84. The van der Waals surface area contributed by atoms with Crippen LogP contribution in [0.1, 0.15) is 76.0 Å². The quantitative estimate of drug-likeness (QED) is 0.480. The lowest BCUT2D eigenvalue weighted by atomic mass is 9.63. The molecule has 0 bridgehead atoms. The molecule has 0 heterocycles. The number of ether oxygens (including phenoxy) is 1. The van der Waals surface area contributed by atoms with E-state index in [-0.39, 0.29) is 36.1 Å². The summed E-state index contributed by atoms with van der Waals surface area (Å²) in [6.07, 6.45) is 2.99. The maximum Gasteiger partial charge on any atom is 0.314 e. The molecule has 2 aromatic rings. The van der Waals surface area contributed by atoms with E-state index in [4.69, 9.17) is 4.74 Å². The zero-order chi connectivity index (χ0) is 26.5. The van der Waals surface area contributed by atoms with Crippen LogP contribution in [0.25, 0.3) is 0 Å². The molecule has 2 fully saturated rings. The predicted molar refractivity (Wildman–Crippen MR) is 133 cm³/mol. The van der Waals surface area contributed by atoms with E-state index in [9.17, 15) is 22.7 Å². The Kier molecular flexibility index (Phi) is 6.84. The van der Waals surface area contributed by atoms with Crippen molar-refractivity contribution in [2.24, 2.45) is 5.92 Å². The molecule has 4 rings (SSSR count). The number of halogens is 2. The highest BCUT2D eigenvalue weighted by Crippen LogP contribution is 2.51. The van der Waals surface area contributed by atoms with Crippen LogP contribution >= 0.6 is 0 Å². The van der Waals surface area contributed by atoms with Gasteiger partial charge in [-0.25, -0.2) is 17.2 Å². The van der Waals surface area contributed by atoms with Crippen LogP contribution in [0.5, 0.6) is 0 Å². The van der Waals surface area contributed by atoms with Crippen molar-refractivity contribution in [1.82, 2.24) is 0 Å². The predicted octanol–water partition coefficient (Wildman–Crippen LogP) is 6.06. The zero-order valence-corrected chi connectivity index (χ0v) is 22.1. The van der Waals surface area contributed by atoms with Gasteiger partial charge in [-0.2, -0.15) is 0 Å². The molecule has 2 saturated carbocycles. The smallest absolute Gasteiger partial charge is 0.314 e. The van der Waals surface area contributed by atoms with Gasteiger partial charge in [0, 0.05) is 5.56 Å². The van der Waals surface area contributed by atoms with Crippen LogP contribution in [0.3, 0.4) is 0 Å². The van der Waals surface area contributed by atoms with E-state index in [1.54, 1.807) is 20.8 Å². The topological polar surface area (TPSA) is 80.7 Å². The molecule has 0 atom stereocenters. The minimum absolute atomic E-state index is 0.0620. The fourth-order valence-corrected chi connectivity index (χ4v) is 6.52. The second kappa shape index (κ2) is 9.21. The van der Waals surface area contributed by atoms with Crippen molar-refractivity contribution in [3.05, 3.63) is 64.7 Å². The maximum absolute atomic E-state index is 15.2. The minimum Gasteiger partial charge on any atom is -0.481 e. The molecule has 0 aliphatic heterocycles. The lowest BCUT2D eigenvalue weighted by Gasteiger charge is -2.45. The normalized spacial score (nSPS) is 25.1. The molecule has 5 nitrogen and oxygen atoms in total. The standard InChI is InChI=1S/C28H34F2O5S/c1-18-23(30)15-21(16-24(18)36(33,34)26(2,3)4)28(35-17-19-5-6-19)13-11-27(12-14-28,25(31)32)20-7-9-22(29)10-8-20/h7-10,15-16,19H,5-6,11-14,17H2,1-4H3,(H,31,32). The first-order valence-electron chi connectivity index (χ1n) is 12.4. The molecule has 0 saturated heterocycles. The number of aliphatic carboxylic acids is 1. The van der Waals surface area contributed by atoms with Crippen molar-refractivity contribution in [3.8, 4) is 0 Å². The van der Waals surface area contributed by atoms with E-state index in [0.717, 1.165) is 12.8 Å². The highest BCUT2D eigenvalue weighted by molar-refractivity contribution is 7.92. The Hall–Kier alpha value is -2.32. The molecule has 2 aromatic carbocycles. The van der Waals surface area contributed by atoms with Crippen molar-refractivity contribution in [1.29, 1.82) is 0 Å². The summed E-state index contributed by atoms with van der Waals surface area (Å²) in [6, 6.07) is 8.38. The molecule has 8 heteroatoms. The van der Waals surface area contributed by atoms with Gasteiger partial charge in [0.1, 0.15) is 11.6 Å². The molecule has 196 valence electrons. The Bertz CT molecular complexity index is 1250. The first-order valence-corrected chi connectivity index (χ1v) is 13.9. The van der Waals surface area contributed by atoms with E-state index in [2.05, 4.69) is 0 Å². The van der Waals surface area contributed by atoms with Gasteiger partial charge in [-0.1, -0.05) is 12.1 Å². The van der Waals surface area contributed by atoms with Gasteiger partial charge in [0.15, 0.2) is 9.84 Å². The van der Waals surface area contributed by atoms with Gasteiger partial charge in [-0.15, -0.1) is 0 Å². The van der Waals surface area contributed by atoms with Crippen molar-refractivity contribution in [2.75, 3.05) is 6.61 Å². The molecule has 0 amide bonds. The second-order valence-corrected chi connectivity index (χ2v) is 14.0. The Morgan fingerprint density at radius 2 is 1.61 bits per heavy atom. The van der Waals surface area contributed by atoms with E-state index in [0.29, 0.717) is 23.7 Å². The summed E-state index contributed by atoms with van der Waals surface area (Å²) in [5.41, 5.74) is -1.25. The van der Waals surface area contributed by atoms with Crippen molar-refractivity contribution < 1.29 is 31.8 Å². The third kappa shape index (κ3) is 4.70. The first-order chi connectivity index (χ1) is 16.7. The third-order valence-corrected chi connectivity index (χ3v) is 10.5. The summed E-state index contributed by atoms with van der Waals surface area (Å²) in [5, 5.41) is 10.2. The van der Waals surface area contributed by atoms with E-state index < -0.39 is 43.2 Å². The summed E-state index contributed by atoms with van der Waals surface area (Å²) in [4.78, 5) is 12.4. The summed E-state index contributed by atoms with van der Waals surface area (Å²) in [6.45, 7) is 6.65. The molecule has 0 aromatic heterocycles. The van der Waals surface area contributed by atoms with E-state index >= 15 is 4.39 Å². The summed E-state index contributed by atoms with van der Waals surface area (Å²) < 4.78 is 60.7. The lowest BCUT2D eigenvalue weighted by Crippen LogP contribution is -2.46. The molecule has 36 heavy (non-hydrogen) atoms. The molecule has 0 radical (unpaired) electrons. The Morgan fingerprint density at radius 1 is 1.03 bits per heavy atom. The van der Waals surface area contributed by atoms with Crippen LogP contribution in [0, 0.1) is 24.5 Å². The number of carboxylic acid groups (broad SMARTS) is 1. The van der Waals surface area contributed by atoms with Crippen LogP contribution in [-0.2, 0) is 30.4 Å². The number of hydrogen-bond acceptors (Lipinski definition) is 4. The Balaban J connectivity index is 1.78. The Labute approximate surface area is 211 Å². The van der Waals surface area contributed by atoms with Crippen molar-refractivity contribution >= 4 is 15.8 Å². The van der Waals surface area contributed by atoms with Gasteiger partial charge in [0.2, 0.25) is 0 Å². The molecular formula is C28H34F2O5S. The van der Waals surface area contributed by atoms with Crippen molar-refractivity contribution in [2.45, 2.75) is 86.9 Å². The van der Waals surface area contributed by atoms with Crippen LogP contribution in [-0.4, -0.2) is 30.8 Å². The SMILES string of the molecule is Cc1c(F)cc(C2(OCC3CC3)CCC(C(=O)O)(c3ccc(F)cc3)CC2)cc1S(=O)(=O)C(C)(C)C. The van der Waals surface area contributed by atoms with E-state index in [1.807, 2.05) is 0 Å². The fourth-order valence-electron chi connectivity index (χ4n) is 5.08. The highest BCUT2D eigenvalue weighted by atomic mass is 32.2. The average Bonchev–Trinajstić information content (AvgIpc) is 3.64. The molecule has 1 N–H and O–H groups in total. The average molecular weight is 521 g/mol.